The van der Waals surface area contributed by atoms with E-state index in [0.29, 0.717) is 23.7 Å². The Morgan fingerprint density at radius 2 is 2.28 bits per heavy atom. The Bertz CT molecular complexity index is 462. The Hall–Kier alpha value is -1.26. The van der Waals surface area contributed by atoms with E-state index in [1.54, 1.807) is 37.1 Å². The molecular weight excluding hydrogens is 254 g/mol. The lowest BCUT2D eigenvalue weighted by atomic mass is 10.1. The number of aliphatic hydroxyl groups is 1. The van der Waals surface area contributed by atoms with Crippen molar-refractivity contribution in [2.45, 2.75) is 25.6 Å². The molecule has 1 unspecified atom stereocenters. The van der Waals surface area contributed by atoms with Gasteiger partial charge >= 0.3 is 0 Å². The molecule has 1 fully saturated rings. The molecule has 1 aromatic carbocycles. The van der Waals surface area contributed by atoms with Gasteiger partial charge in [-0.1, -0.05) is 17.7 Å². The maximum atomic E-state index is 11.7. The van der Waals surface area contributed by atoms with Crippen molar-refractivity contribution >= 4 is 17.5 Å². The second kappa shape index (κ2) is 5.16. The van der Waals surface area contributed by atoms with Crippen LogP contribution in [0.3, 0.4) is 0 Å². The minimum absolute atomic E-state index is 0.0225. The smallest absolute Gasteiger partial charge is 0.263 e. The van der Waals surface area contributed by atoms with Gasteiger partial charge in [-0.15, -0.1) is 0 Å². The van der Waals surface area contributed by atoms with Crippen LogP contribution < -0.4 is 4.74 Å². The van der Waals surface area contributed by atoms with Gasteiger partial charge in [0.2, 0.25) is 0 Å². The molecule has 98 valence electrons. The number of amides is 1. The first-order valence-corrected chi connectivity index (χ1v) is 6.26. The minimum Gasteiger partial charge on any atom is -0.479 e. The van der Waals surface area contributed by atoms with Crippen molar-refractivity contribution in [1.82, 2.24) is 4.90 Å². The number of hydrogen-bond donors (Lipinski definition) is 1. The normalized spacial score (nSPS) is 21.2. The fraction of sp³-hybridized carbons (Fsp3) is 0.462. The van der Waals surface area contributed by atoms with Gasteiger partial charge in [-0.3, -0.25) is 4.79 Å². The molecule has 0 radical (unpaired) electrons. The Kier molecular flexibility index (Phi) is 3.78. The van der Waals surface area contributed by atoms with Gasteiger partial charge < -0.3 is 14.7 Å². The van der Waals surface area contributed by atoms with Crippen molar-refractivity contribution in [1.29, 1.82) is 0 Å². The molecule has 4 nitrogen and oxygen atoms in total. The first-order valence-electron chi connectivity index (χ1n) is 5.88. The van der Waals surface area contributed by atoms with Crippen LogP contribution in [0, 0.1) is 0 Å². The lowest BCUT2D eigenvalue weighted by Crippen LogP contribution is -2.29. The molecule has 2 atom stereocenters. The highest BCUT2D eigenvalue weighted by molar-refractivity contribution is 6.32. The van der Waals surface area contributed by atoms with E-state index in [-0.39, 0.29) is 5.91 Å². The van der Waals surface area contributed by atoms with Gasteiger partial charge in [0.1, 0.15) is 5.75 Å². The van der Waals surface area contributed by atoms with Crippen LogP contribution in [-0.4, -0.2) is 35.6 Å². The molecule has 1 aliphatic rings. The first-order chi connectivity index (χ1) is 8.49. The molecule has 0 bridgehead atoms. The van der Waals surface area contributed by atoms with E-state index in [9.17, 15) is 9.90 Å². The number of likely N-dealkylation sites (N-methyl/N-ethyl adjacent to an activating group) is 1. The molecule has 0 spiro atoms. The summed E-state index contributed by atoms with van der Waals surface area (Å²) in [6, 6.07) is 5.09. The molecule has 0 saturated carbocycles. The maximum Gasteiger partial charge on any atom is 0.263 e. The third kappa shape index (κ3) is 2.60. The van der Waals surface area contributed by atoms with Crippen molar-refractivity contribution in [2.75, 3.05) is 13.6 Å². The van der Waals surface area contributed by atoms with Crippen LogP contribution in [0.2, 0.25) is 5.02 Å². The molecule has 1 heterocycles. The van der Waals surface area contributed by atoms with Gasteiger partial charge in [-0.2, -0.15) is 0 Å². The summed E-state index contributed by atoms with van der Waals surface area (Å²) in [6.45, 7) is 2.37. The molecule has 1 saturated heterocycles. The van der Waals surface area contributed by atoms with Crippen LogP contribution in [0.25, 0.3) is 0 Å². The largest absolute Gasteiger partial charge is 0.479 e. The number of halogens is 1. The molecule has 0 aromatic heterocycles. The summed E-state index contributed by atoms with van der Waals surface area (Å²) in [5.74, 6) is 0.459. The number of hydrogen-bond acceptors (Lipinski definition) is 3. The Labute approximate surface area is 111 Å². The van der Waals surface area contributed by atoms with Gasteiger partial charge in [0.05, 0.1) is 11.1 Å². The average Bonchev–Trinajstić information content (AvgIpc) is 2.63. The highest BCUT2D eigenvalue weighted by atomic mass is 35.5. The number of nitrogens with zero attached hydrogens (tertiary/aromatic N) is 1. The molecule has 1 aliphatic heterocycles. The minimum atomic E-state index is -0.573. The number of carbonyl (C=O) groups is 1. The summed E-state index contributed by atoms with van der Waals surface area (Å²) >= 11 is 6.07. The Morgan fingerprint density at radius 1 is 1.56 bits per heavy atom. The molecular formula is C13H16ClNO3. The van der Waals surface area contributed by atoms with Gasteiger partial charge in [0.25, 0.3) is 5.91 Å². The van der Waals surface area contributed by atoms with Crippen molar-refractivity contribution in [3.8, 4) is 5.75 Å². The van der Waals surface area contributed by atoms with E-state index in [1.165, 1.54) is 0 Å². The SMILES string of the molecule is C[C@@H](O)c1ccc(OC2CCN(C)C2=O)c(Cl)c1. The second-order valence-electron chi connectivity index (χ2n) is 4.52. The average molecular weight is 270 g/mol. The van der Waals surface area contributed by atoms with Crippen LogP contribution in [0.1, 0.15) is 25.0 Å². The van der Waals surface area contributed by atoms with Gasteiger partial charge in [-0.25, -0.2) is 0 Å². The number of aliphatic hydroxyl groups excluding tert-OH is 1. The second-order valence-corrected chi connectivity index (χ2v) is 4.93. The third-order valence-electron chi connectivity index (χ3n) is 3.09. The van der Waals surface area contributed by atoms with E-state index in [1.807, 2.05) is 0 Å². The van der Waals surface area contributed by atoms with Crippen LogP contribution in [0.5, 0.6) is 5.75 Å². The lowest BCUT2D eigenvalue weighted by Gasteiger charge is -2.15. The number of rotatable bonds is 3. The van der Waals surface area contributed by atoms with E-state index < -0.39 is 12.2 Å². The van der Waals surface area contributed by atoms with Crippen molar-refractivity contribution in [3.05, 3.63) is 28.8 Å². The molecule has 18 heavy (non-hydrogen) atoms. The van der Waals surface area contributed by atoms with Gasteiger partial charge in [0, 0.05) is 20.0 Å². The summed E-state index contributed by atoms with van der Waals surface area (Å²) in [6.07, 6.45) is -0.357. The van der Waals surface area contributed by atoms with Crippen molar-refractivity contribution in [3.63, 3.8) is 0 Å². The topological polar surface area (TPSA) is 49.8 Å². The third-order valence-corrected chi connectivity index (χ3v) is 3.38. The standard InChI is InChI=1S/C13H16ClNO3/c1-8(16)9-3-4-11(10(14)7-9)18-12-5-6-15(2)13(12)17/h3-4,7-8,12,16H,5-6H2,1-2H3/t8-,12?/m1/s1. The summed E-state index contributed by atoms with van der Waals surface area (Å²) in [4.78, 5) is 13.4. The summed E-state index contributed by atoms with van der Waals surface area (Å²) < 4.78 is 5.62. The molecule has 1 N–H and O–H groups in total. The summed E-state index contributed by atoms with van der Waals surface area (Å²) in [5.41, 5.74) is 0.724. The number of benzene rings is 1. The zero-order valence-corrected chi connectivity index (χ0v) is 11.1. The Morgan fingerprint density at radius 3 is 2.78 bits per heavy atom. The maximum absolute atomic E-state index is 11.7. The van der Waals surface area contributed by atoms with Crippen LogP contribution >= 0.6 is 11.6 Å². The van der Waals surface area contributed by atoms with E-state index in [0.717, 1.165) is 5.56 Å². The fourth-order valence-corrected chi connectivity index (χ4v) is 2.16. The number of likely N-dealkylation sites (tertiary alicyclic amines) is 1. The van der Waals surface area contributed by atoms with E-state index in [2.05, 4.69) is 0 Å². The monoisotopic (exact) mass is 269 g/mol. The van der Waals surface area contributed by atoms with Crippen LogP contribution in [0.4, 0.5) is 0 Å². The molecule has 1 aromatic rings. The Balaban J connectivity index is 2.13. The number of carbonyl (C=O) groups excluding carboxylic acids is 1. The van der Waals surface area contributed by atoms with Gasteiger partial charge in [0.15, 0.2) is 6.10 Å². The predicted octanol–water partition coefficient (Wildman–Crippen LogP) is 2.00. The van der Waals surface area contributed by atoms with Crippen molar-refractivity contribution < 1.29 is 14.6 Å². The zero-order valence-electron chi connectivity index (χ0n) is 10.4. The molecule has 0 aliphatic carbocycles. The van der Waals surface area contributed by atoms with Crippen LogP contribution in [-0.2, 0) is 4.79 Å². The highest BCUT2D eigenvalue weighted by Gasteiger charge is 2.31. The highest BCUT2D eigenvalue weighted by Crippen LogP contribution is 2.30. The predicted molar refractivity (Wildman–Crippen MR) is 68.8 cm³/mol. The van der Waals surface area contributed by atoms with E-state index >= 15 is 0 Å². The molecule has 1 amide bonds. The van der Waals surface area contributed by atoms with E-state index in [4.69, 9.17) is 16.3 Å². The number of ether oxygens (including phenoxy) is 1. The fourth-order valence-electron chi connectivity index (χ4n) is 1.93. The molecule has 5 heteroatoms. The molecule has 2 rings (SSSR count). The quantitative estimate of drug-likeness (QED) is 0.913. The lowest BCUT2D eigenvalue weighted by molar-refractivity contribution is -0.132. The summed E-state index contributed by atoms with van der Waals surface area (Å²) in [7, 11) is 1.75. The van der Waals surface area contributed by atoms with Crippen molar-refractivity contribution in [2.24, 2.45) is 0 Å². The zero-order chi connectivity index (χ0) is 13.3. The summed E-state index contributed by atoms with van der Waals surface area (Å²) in [5, 5.41) is 9.85. The van der Waals surface area contributed by atoms with Gasteiger partial charge in [-0.05, 0) is 24.6 Å². The first kappa shape index (κ1) is 13.2. The van der Waals surface area contributed by atoms with Crippen LogP contribution in [0.15, 0.2) is 18.2 Å².